The first-order valence-corrected chi connectivity index (χ1v) is 13.4. The molecule has 0 radical (unpaired) electrons. The molecule has 2 nitrogen and oxygen atoms in total. The van der Waals surface area contributed by atoms with Gasteiger partial charge in [-0.15, -0.1) is 0 Å². The fourth-order valence-corrected chi connectivity index (χ4v) is 10.5. The molecule has 0 saturated heterocycles. The summed E-state index contributed by atoms with van der Waals surface area (Å²) in [6.45, 7) is 2.13. The highest BCUT2D eigenvalue weighted by Crippen LogP contribution is 2.86. The van der Waals surface area contributed by atoms with Crippen LogP contribution >= 0.6 is 7.26 Å². The maximum Gasteiger partial charge on any atom is 0.325 e. The van der Waals surface area contributed by atoms with Crippen molar-refractivity contribution in [2.24, 2.45) is 0 Å². The fourth-order valence-electron chi connectivity index (χ4n) is 5.43. The van der Waals surface area contributed by atoms with E-state index in [0.29, 0.717) is 0 Å². The molecule has 0 spiro atoms. The lowest BCUT2D eigenvalue weighted by Crippen LogP contribution is -2.12. The Labute approximate surface area is 191 Å². The van der Waals surface area contributed by atoms with Crippen LogP contribution in [0.3, 0.4) is 0 Å². The first-order valence-electron chi connectivity index (χ1n) is 11.6. The van der Waals surface area contributed by atoms with Crippen LogP contribution < -0.4 is 0 Å². The molecular formula is C29H30O2P+. The molecular weight excluding hydrogens is 411 g/mol. The summed E-state index contributed by atoms with van der Waals surface area (Å²) in [4.78, 5) is 13.3. The number of esters is 1. The molecule has 1 aromatic rings. The Hall–Kier alpha value is -2.70. The third-order valence-corrected chi connectivity index (χ3v) is 11.6. The molecule has 0 bridgehead atoms. The van der Waals surface area contributed by atoms with E-state index in [9.17, 15) is 4.79 Å². The minimum Gasteiger partial charge on any atom is -0.392 e. The highest BCUT2D eigenvalue weighted by molar-refractivity contribution is 7.90. The summed E-state index contributed by atoms with van der Waals surface area (Å²) in [7, 11) is -2.16. The highest BCUT2D eigenvalue weighted by Gasteiger charge is 2.59. The van der Waals surface area contributed by atoms with Crippen LogP contribution in [0.4, 0.5) is 0 Å². The zero-order chi connectivity index (χ0) is 22.0. The lowest BCUT2D eigenvalue weighted by molar-refractivity contribution is -0.137. The van der Waals surface area contributed by atoms with Gasteiger partial charge in [0.15, 0.2) is 7.26 Å². The van der Waals surface area contributed by atoms with E-state index in [-0.39, 0.29) is 11.9 Å². The number of rotatable bonds is 5. The minimum absolute atomic E-state index is 0.126. The summed E-state index contributed by atoms with van der Waals surface area (Å²) in [6, 6.07) is 10.1. The third kappa shape index (κ3) is 3.51. The second-order valence-corrected chi connectivity index (χ2v) is 12.2. The lowest BCUT2D eigenvalue weighted by atomic mass is 9.94. The molecule has 0 fully saturated rings. The van der Waals surface area contributed by atoms with Crippen LogP contribution in [0.25, 0.3) is 0 Å². The molecule has 1 unspecified atom stereocenters. The Kier molecular flexibility index (Phi) is 5.98. The van der Waals surface area contributed by atoms with Crippen molar-refractivity contribution >= 4 is 13.2 Å². The van der Waals surface area contributed by atoms with Crippen LogP contribution in [0.15, 0.2) is 112 Å². The van der Waals surface area contributed by atoms with Gasteiger partial charge < -0.3 is 4.74 Å². The molecule has 5 rings (SSSR count). The predicted molar refractivity (Wildman–Crippen MR) is 134 cm³/mol. The van der Waals surface area contributed by atoms with Crippen LogP contribution in [-0.4, -0.2) is 5.97 Å². The van der Waals surface area contributed by atoms with E-state index in [1.54, 1.807) is 0 Å². The van der Waals surface area contributed by atoms with Gasteiger partial charge in [-0.1, -0.05) is 66.8 Å². The van der Waals surface area contributed by atoms with Gasteiger partial charge in [0.05, 0.1) is 15.9 Å². The number of hydrogen-bond donors (Lipinski definition) is 0. The normalized spacial score (nSPS) is 23.1. The monoisotopic (exact) mass is 441 g/mol. The Morgan fingerprint density at radius 3 is 1.69 bits per heavy atom. The molecule has 1 aromatic carbocycles. The average molecular weight is 442 g/mol. The van der Waals surface area contributed by atoms with E-state index >= 15 is 0 Å². The summed E-state index contributed by atoms with van der Waals surface area (Å²) in [5, 5.41) is 4.37. The summed E-state index contributed by atoms with van der Waals surface area (Å²) in [6.07, 6.45) is 26.5. The smallest absolute Gasteiger partial charge is 0.325 e. The van der Waals surface area contributed by atoms with Gasteiger partial charge >= 0.3 is 5.97 Å². The second kappa shape index (κ2) is 9.04. The van der Waals surface area contributed by atoms with E-state index in [4.69, 9.17) is 4.74 Å². The average Bonchev–Trinajstić information content (AvgIpc) is 3.16. The number of cyclic esters (lactones) is 1. The first kappa shape index (κ1) is 21.2. The van der Waals surface area contributed by atoms with Gasteiger partial charge in [-0.05, 0) is 50.0 Å². The standard InChI is InChI=1S/C29H30O2P/c1-22-27(23-14-6-2-7-15-23)28(30)31-29(22)32(24-16-8-3-9-17-24,25-18-10-4-11-19-25)26-20-12-5-13-21-26/h2-8,10,12,14-15,17,19,21,27H,9,11,13,16,18,20H2,1H3/q+1. The van der Waals surface area contributed by atoms with E-state index in [0.717, 1.165) is 55.2 Å². The molecule has 4 aliphatic rings. The topological polar surface area (TPSA) is 26.3 Å². The SMILES string of the molecule is CC1=C([P+](C2=CCC=CC2)(C2=CCC=CC2)C2=CCC=CC2)OC(=O)C1c1ccccc1. The van der Waals surface area contributed by atoms with Crippen LogP contribution in [0.5, 0.6) is 0 Å². The molecule has 162 valence electrons. The van der Waals surface area contributed by atoms with Gasteiger partial charge in [-0.25, -0.2) is 0 Å². The number of allylic oxidation sites excluding steroid dienone is 12. The van der Waals surface area contributed by atoms with E-state index < -0.39 is 7.26 Å². The Bertz CT molecular complexity index is 1050. The van der Waals surface area contributed by atoms with Crippen molar-refractivity contribution in [3.8, 4) is 0 Å². The van der Waals surface area contributed by atoms with Gasteiger partial charge in [0, 0.05) is 24.8 Å². The van der Waals surface area contributed by atoms with Crippen molar-refractivity contribution in [2.75, 3.05) is 0 Å². The first-order chi connectivity index (χ1) is 15.7. The van der Waals surface area contributed by atoms with E-state index in [1.807, 2.05) is 30.3 Å². The molecule has 32 heavy (non-hydrogen) atoms. The molecule has 0 aromatic heterocycles. The number of carbonyl (C=O) groups is 1. The van der Waals surface area contributed by atoms with Crippen molar-refractivity contribution in [1.29, 1.82) is 0 Å². The Balaban J connectivity index is 1.75. The van der Waals surface area contributed by atoms with Gasteiger partial charge in [0.2, 0.25) is 0 Å². The number of ether oxygens (including phenoxy) is 1. The molecule has 3 aliphatic carbocycles. The Morgan fingerprint density at radius 2 is 1.25 bits per heavy atom. The van der Waals surface area contributed by atoms with Crippen molar-refractivity contribution in [2.45, 2.75) is 51.4 Å². The molecule has 0 N–H and O–H groups in total. The molecule has 0 amide bonds. The highest BCUT2D eigenvalue weighted by atomic mass is 31.2. The number of benzene rings is 1. The number of hydrogen-bond acceptors (Lipinski definition) is 2. The Morgan fingerprint density at radius 1 is 0.750 bits per heavy atom. The van der Waals surface area contributed by atoms with Crippen LogP contribution in [-0.2, 0) is 9.53 Å². The predicted octanol–water partition coefficient (Wildman–Crippen LogP) is 8.28. The fraction of sp³-hybridized carbons (Fsp3) is 0.276. The molecule has 1 aliphatic heterocycles. The molecule has 1 atom stereocenters. The van der Waals surface area contributed by atoms with Crippen molar-refractivity contribution in [3.63, 3.8) is 0 Å². The van der Waals surface area contributed by atoms with Crippen molar-refractivity contribution in [1.82, 2.24) is 0 Å². The van der Waals surface area contributed by atoms with Crippen molar-refractivity contribution < 1.29 is 9.53 Å². The summed E-state index contributed by atoms with van der Waals surface area (Å²) < 4.78 is 6.36. The van der Waals surface area contributed by atoms with E-state index in [1.165, 1.54) is 15.9 Å². The zero-order valence-corrected chi connectivity index (χ0v) is 19.6. The van der Waals surface area contributed by atoms with Crippen LogP contribution in [0, 0.1) is 0 Å². The van der Waals surface area contributed by atoms with Crippen LogP contribution in [0.1, 0.15) is 56.9 Å². The maximum atomic E-state index is 13.3. The molecule has 3 heteroatoms. The van der Waals surface area contributed by atoms with Crippen LogP contribution in [0.2, 0.25) is 0 Å². The quantitative estimate of drug-likeness (QED) is 0.261. The summed E-state index contributed by atoms with van der Waals surface area (Å²) in [5.74, 6) is -0.441. The van der Waals surface area contributed by atoms with Gasteiger partial charge in [-0.3, -0.25) is 4.79 Å². The molecule has 0 saturated carbocycles. The van der Waals surface area contributed by atoms with E-state index in [2.05, 4.69) is 61.6 Å². The summed E-state index contributed by atoms with van der Waals surface area (Å²) >= 11 is 0. The molecule has 1 heterocycles. The number of carbonyl (C=O) groups excluding carboxylic acids is 1. The lowest BCUT2D eigenvalue weighted by Gasteiger charge is -2.34. The van der Waals surface area contributed by atoms with Gasteiger partial charge in [-0.2, -0.15) is 0 Å². The largest absolute Gasteiger partial charge is 0.392 e. The maximum absolute atomic E-state index is 13.3. The summed E-state index contributed by atoms with van der Waals surface area (Å²) in [5.41, 5.74) is 3.08. The zero-order valence-electron chi connectivity index (χ0n) is 18.7. The van der Waals surface area contributed by atoms with Gasteiger partial charge in [0.1, 0.15) is 5.92 Å². The van der Waals surface area contributed by atoms with Crippen molar-refractivity contribution in [3.05, 3.63) is 118 Å². The third-order valence-electron chi connectivity index (χ3n) is 6.88. The van der Waals surface area contributed by atoms with Gasteiger partial charge in [0.25, 0.3) is 5.50 Å². The minimum atomic E-state index is -2.16. The second-order valence-electron chi connectivity index (χ2n) is 8.74.